The smallest absolute Gasteiger partial charge is 0.224 e. The highest BCUT2D eigenvalue weighted by Gasteiger charge is 2.08. The lowest BCUT2D eigenvalue weighted by molar-refractivity contribution is -0.130. The van der Waals surface area contributed by atoms with Gasteiger partial charge in [0.15, 0.2) is 5.96 Å². The molecule has 142 valence electrons. The number of nitrogens with zero attached hydrogens (tertiary/aromatic N) is 3. The number of hydrogen-bond acceptors (Lipinski definition) is 4. The number of hydrogen-bond donors (Lipinski definition) is 2. The molecule has 2 N–H and O–H groups in total. The Morgan fingerprint density at radius 2 is 2.04 bits per heavy atom. The number of pyridine rings is 1. The first-order valence-electron chi connectivity index (χ1n) is 8.54. The molecular weight excluding hydrogens is 433 g/mol. The number of ether oxygens (including phenoxy) is 1. The minimum absolute atomic E-state index is 0. The highest BCUT2D eigenvalue weighted by atomic mass is 127. The monoisotopic (exact) mass is 463 g/mol. The molecule has 1 amide bonds. The Balaban J connectivity index is 0.00000576. The molecule has 1 rings (SSSR count). The summed E-state index contributed by atoms with van der Waals surface area (Å²) in [6, 6.07) is 3.70. The molecule has 8 heteroatoms. The number of aliphatic imine (C=N–C) groups is 1. The Labute approximate surface area is 167 Å². The van der Waals surface area contributed by atoms with Gasteiger partial charge in [0.1, 0.15) is 12.4 Å². The molecule has 0 saturated heterocycles. The molecule has 0 aliphatic heterocycles. The SMILES string of the molecule is CCNC(=NCCC(=O)N(CC)CC)NCCOc1cccnc1.I. The maximum atomic E-state index is 12.0. The number of amides is 1. The maximum Gasteiger partial charge on any atom is 0.224 e. The van der Waals surface area contributed by atoms with Crippen LogP contribution in [-0.4, -0.2) is 61.1 Å². The van der Waals surface area contributed by atoms with Gasteiger partial charge in [-0.1, -0.05) is 0 Å². The number of aromatic nitrogens is 1. The topological polar surface area (TPSA) is 78.9 Å². The molecular formula is C17H30IN5O2. The van der Waals surface area contributed by atoms with Crippen LogP contribution in [0.1, 0.15) is 27.2 Å². The molecule has 0 aromatic carbocycles. The van der Waals surface area contributed by atoms with Gasteiger partial charge in [-0.3, -0.25) is 14.8 Å². The third kappa shape index (κ3) is 10.1. The summed E-state index contributed by atoms with van der Waals surface area (Å²) >= 11 is 0. The van der Waals surface area contributed by atoms with Crippen molar-refractivity contribution in [3.8, 4) is 5.75 Å². The molecule has 7 nitrogen and oxygen atoms in total. The van der Waals surface area contributed by atoms with E-state index in [4.69, 9.17) is 4.74 Å². The third-order valence-corrected chi connectivity index (χ3v) is 3.35. The summed E-state index contributed by atoms with van der Waals surface area (Å²) in [6.45, 7) is 9.81. The summed E-state index contributed by atoms with van der Waals surface area (Å²) in [6.07, 6.45) is 3.81. The standard InChI is InChI=1S/C17H29N5O2.HI/c1-4-19-17(20-11-9-16(23)22(5-2)6-3)21-12-13-24-15-8-7-10-18-14-15;/h7-8,10,14H,4-6,9,11-13H2,1-3H3,(H2,19,20,21);1H. The van der Waals surface area contributed by atoms with Crippen LogP contribution in [0, 0.1) is 0 Å². The highest BCUT2D eigenvalue weighted by molar-refractivity contribution is 14.0. The molecule has 0 radical (unpaired) electrons. The molecule has 25 heavy (non-hydrogen) atoms. The number of nitrogens with one attached hydrogen (secondary N) is 2. The van der Waals surface area contributed by atoms with Gasteiger partial charge in [-0.25, -0.2) is 0 Å². The Morgan fingerprint density at radius 3 is 2.64 bits per heavy atom. The first-order valence-corrected chi connectivity index (χ1v) is 8.54. The van der Waals surface area contributed by atoms with E-state index in [1.54, 1.807) is 12.4 Å². The van der Waals surface area contributed by atoms with E-state index in [1.165, 1.54) is 0 Å². The number of rotatable bonds is 10. The fourth-order valence-corrected chi connectivity index (χ4v) is 2.11. The normalized spacial score (nSPS) is 10.6. The van der Waals surface area contributed by atoms with Crippen molar-refractivity contribution < 1.29 is 9.53 Å². The second-order valence-electron chi connectivity index (χ2n) is 5.04. The van der Waals surface area contributed by atoms with E-state index in [-0.39, 0.29) is 29.9 Å². The summed E-state index contributed by atoms with van der Waals surface area (Å²) in [5, 5.41) is 6.35. The average molecular weight is 463 g/mol. The molecule has 1 aromatic rings. The van der Waals surface area contributed by atoms with Crippen molar-refractivity contribution >= 4 is 35.8 Å². The number of guanidine groups is 1. The van der Waals surface area contributed by atoms with Crippen molar-refractivity contribution in [3.05, 3.63) is 24.5 Å². The maximum absolute atomic E-state index is 12.0. The number of carbonyl (C=O) groups is 1. The second-order valence-corrected chi connectivity index (χ2v) is 5.04. The minimum Gasteiger partial charge on any atom is -0.490 e. The minimum atomic E-state index is 0. The number of halogens is 1. The van der Waals surface area contributed by atoms with Gasteiger partial charge in [0, 0.05) is 32.3 Å². The second kappa shape index (κ2) is 14.7. The summed E-state index contributed by atoms with van der Waals surface area (Å²) in [5.74, 6) is 1.57. The van der Waals surface area contributed by atoms with E-state index in [1.807, 2.05) is 37.8 Å². The molecule has 0 bridgehead atoms. The molecule has 0 aliphatic rings. The van der Waals surface area contributed by atoms with Crippen LogP contribution >= 0.6 is 24.0 Å². The predicted octanol–water partition coefficient (Wildman–Crippen LogP) is 1.89. The molecule has 1 heterocycles. The van der Waals surface area contributed by atoms with Crippen molar-refractivity contribution in [2.24, 2.45) is 4.99 Å². The lowest BCUT2D eigenvalue weighted by Gasteiger charge is -2.18. The summed E-state index contributed by atoms with van der Waals surface area (Å²) in [4.78, 5) is 22.2. The van der Waals surface area contributed by atoms with Crippen LogP contribution < -0.4 is 15.4 Å². The van der Waals surface area contributed by atoms with Crippen LogP contribution in [-0.2, 0) is 4.79 Å². The molecule has 1 aromatic heterocycles. The van der Waals surface area contributed by atoms with Gasteiger partial charge >= 0.3 is 0 Å². The van der Waals surface area contributed by atoms with Gasteiger partial charge in [-0.2, -0.15) is 0 Å². The van der Waals surface area contributed by atoms with E-state index in [0.717, 1.165) is 25.4 Å². The summed E-state index contributed by atoms with van der Waals surface area (Å²) in [5.41, 5.74) is 0. The van der Waals surface area contributed by atoms with E-state index in [2.05, 4.69) is 20.6 Å². The summed E-state index contributed by atoms with van der Waals surface area (Å²) < 4.78 is 5.57. The predicted molar refractivity (Wildman–Crippen MR) is 112 cm³/mol. The van der Waals surface area contributed by atoms with Gasteiger partial charge in [0.25, 0.3) is 0 Å². The molecule has 0 fully saturated rings. The molecule has 0 aliphatic carbocycles. The summed E-state index contributed by atoms with van der Waals surface area (Å²) in [7, 11) is 0. The van der Waals surface area contributed by atoms with Gasteiger partial charge < -0.3 is 20.3 Å². The highest BCUT2D eigenvalue weighted by Crippen LogP contribution is 2.04. The largest absolute Gasteiger partial charge is 0.490 e. The molecule has 0 atom stereocenters. The van der Waals surface area contributed by atoms with Crippen LogP contribution in [0.4, 0.5) is 0 Å². The Hall–Kier alpha value is -1.58. The van der Waals surface area contributed by atoms with Crippen LogP contribution in [0.5, 0.6) is 5.75 Å². The van der Waals surface area contributed by atoms with E-state index < -0.39 is 0 Å². The van der Waals surface area contributed by atoms with Gasteiger partial charge in [-0.15, -0.1) is 24.0 Å². The van der Waals surface area contributed by atoms with Gasteiger partial charge in [0.2, 0.25) is 5.91 Å². The van der Waals surface area contributed by atoms with E-state index in [9.17, 15) is 4.79 Å². The van der Waals surface area contributed by atoms with Gasteiger partial charge in [0.05, 0.1) is 19.3 Å². The zero-order valence-corrected chi connectivity index (χ0v) is 17.7. The Kier molecular flexibility index (Phi) is 13.8. The first kappa shape index (κ1) is 23.4. The van der Waals surface area contributed by atoms with Crippen molar-refractivity contribution in [2.45, 2.75) is 27.2 Å². The van der Waals surface area contributed by atoms with Crippen molar-refractivity contribution in [1.82, 2.24) is 20.5 Å². The quantitative estimate of drug-likeness (QED) is 0.240. The van der Waals surface area contributed by atoms with E-state index in [0.29, 0.717) is 32.1 Å². The zero-order valence-electron chi connectivity index (χ0n) is 15.3. The van der Waals surface area contributed by atoms with E-state index >= 15 is 0 Å². The van der Waals surface area contributed by atoms with Crippen LogP contribution in [0.2, 0.25) is 0 Å². The fraction of sp³-hybridized carbons (Fsp3) is 0.588. The lowest BCUT2D eigenvalue weighted by Crippen LogP contribution is -2.39. The van der Waals surface area contributed by atoms with Crippen LogP contribution in [0.15, 0.2) is 29.5 Å². The molecule has 0 unspecified atom stereocenters. The van der Waals surface area contributed by atoms with Crippen molar-refractivity contribution in [3.63, 3.8) is 0 Å². The first-order chi connectivity index (χ1) is 11.7. The molecule has 0 saturated carbocycles. The third-order valence-electron chi connectivity index (χ3n) is 3.35. The van der Waals surface area contributed by atoms with Crippen LogP contribution in [0.25, 0.3) is 0 Å². The average Bonchev–Trinajstić information content (AvgIpc) is 2.60. The molecule has 0 spiro atoms. The Morgan fingerprint density at radius 1 is 1.28 bits per heavy atom. The van der Waals surface area contributed by atoms with Gasteiger partial charge in [-0.05, 0) is 32.9 Å². The zero-order chi connectivity index (χ0) is 17.6. The lowest BCUT2D eigenvalue weighted by atomic mass is 10.3. The fourth-order valence-electron chi connectivity index (χ4n) is 2.11. The van der Waals surface area contributed by atoms with Crippen molar-refractivity contribution in [1.29, 1.82) is 0 Å². The van der Waals surface area contributed by atoms with Crippen LogP contribution in [0.3, 0.4) is 0 Å². The van der Waals surface area contributed by atoms with Crippen molar-refractivity contribution in [2.75, 3.05) is 39.3 Å². The Bertz CT molecular complexity index is 495. The number of carbonyl (C=O) groups excluding carboxylic acids is 1.